The van der Waals surface area contributed by atoms with Gasteiger partial charge in [-0.05, 0) is 37.1 Å². The average Bonchev–Trinajstić information content (AvgIpc) is 2.47. The lowest BCUT2D eigenvalue weighted by Gasteiger charge is -2.21. The third kappa shape index (κ3) is 4.22. The zero-order chi connectivity index (χ0) is 15.2. The highest BCUT2D eigenvalue weighted by molar-refractivity contribution is 5.96. The van der Waals surface area contributed by atoms with Crippen LogP contribution in [0.25, 0.3) is 0 Å². The van der Waals surface area contributed by atoms with Crippen LogP contribution in [0.15, 0.2) is 18.2 Å². The Morgan fingerprint density at radius 3 is 2.95 bits per heavy atom. The summed E-state index contributed by atoms with van der Waals surface area (Å²) in [6, 6.07) is 5.79. The summed E-state index contributed by atoms with van der Waals surface area (Å²) in [6.45, 7) is 0.379. The molecule has 0 saturated heterocycles. The summed E-state index contributed by atoms with van der Waals surface area (Å²) in [5.41, 5.74) is 2.72. The molecule has 0 radical (unpaired) electrons. The minimum atomic E-state index is -2.44. The van der Waals surface area contributed by atoms with Gasteiger partial charge in [0.05, 0.1) is 0 Å². The molecule has 0 spiro atoms. The molecule has 21 heavy (non-hydrogen) atoms. The van der Waals surface area contributed by atoms with E-state index in [-0.39, 0.29) is 18.6 Å². The Morgan fingerprint density at radius 1 is 1.43 bits per heavy atom. The zero-order valence-electron chi connectivity index (χ0n) is 12.0. The normalized spacial score (nSPS) is 15.7. The van der Waals surface area contributed by atoms with E-state index in [1.165, 1.54) is 0 Å². The predicted molar refractivity (Wildman–Crippen MR) is 75.7 cm³/mol. The second kappa shape index (κ2) is 7.47. The molecule has 2 N–H and O–H groups in total. The molecule has 1 amide bonds. The van der Waals surface area contributed by atoms with E-state index in [2.05, 4.69) is 10.6 Å². The molecule has 6 heteroatoms. The van der Waals surface area contributed by atoms with E-state index < -0.39 is 13.0 Å². The van der Waals surface area contributed by atoms with Gasteiger partial charge in [-0.3, -0.25) is 4.79 Å². The number of nitrogens with one attached hydrogen (secondary N) is 2. The number of amides is 1. The summed E-state index contributed by atoms with van der Waals surface area (Å²) in [5.74, 6) is -0.0538. The lowest BCUT2D eigenvalue weighted by atomic mass is 9.94. The Bertz CT molecular complexity index is 495. The van der Waals surface area contributed by atoms with Gasteiger partial charge < -0.3 is 15.4 Å². The number of alkyl halides is 2. The minimum absolute atomic E-state index is 0.0253. The monoisotopic (exact) mass is 298 g/mol. The van der Waals surface area contributed by atoms with Gasteiger partial charge in [-0.2, -0.15) is 0 Å². The van der Waals surface area contributed by atoms with Gasteiger partial charge in [-0.15, -0.1) is 0 Å². The van der Waals surface area contributed by atoms with Crippen molar-refractivity contribution in [2.45, 2.75) is 25.3 Å². The second-order valence-corrected chi connectivity index (χ2v) is 5.02. The highest BCUT2D eigenvalue weighted by Gasteiger charge is 2.19. The first kappa shape index (κ1) is 15.9. The first-order chi connectivity index (χ1) is 10.1. The van der Waals surface area contributed by atoms with Crippen molar-refractivity contribution in [3.05, 3.63) is 34.9 Å². The molecule has 116 valence electrons. The van der Waals surface area contributed by atoms with Crippen molar-refractivity contribution in [3.63, 3.8) is 0 Å². The topological polar surface area (TPSA) is 50.4 Å². The number of benzene rings is 1. The Morgan fingerprint density at radius 2 is 2.24 bits per heavy atom. The number of rotatable bonds is 7. The fraction of sp³-hybridized carbons (Fsp3) is 0.533. The van der Waals surface area contributed by atoms with Crippen LogP contribution < -0.4 is 10.6 Å². The summed E-state index contributed by atoms with van der Waals surface area (Å²) in [4.78, 5) is 11.8. The Balaban J connectivity index is 2.01. The number of fused-ring (bicyclic) bond motifs is 1. The molecule has 1 heterocycles. The van der Waals surface area contributed by atoms with Gasteiger partial charge >= 0.3 is 0 Å². The SMILES string of the molecule is CNC(CCOCC(F)F)c1ccc2c(c1)C(=O)NCC2. The Labute approximate surface area is 122 Å². The molecule has 0 fully saturated rings. The van der Waals surface area contributed by atoms with E-state index in [1.807, 2.05) is 18.2 Å². The highest BCUT2D eigenvalue weighted by atomic mass is 19.3. The molecule has 1 atom stereocenters. The van der Waals surface area contributed by atoms with E-state index in [0.29, 0.717) is 18.5 Å². The van der Waals surface area contributed by atoms with Gasteiger partial charge in [-0.25, -0.2) is 8.78 Å². The lowest BCUT2D eigenvalue weighted by Crippen LogP contribution is -2.32. The van der Waals surface area contributed by atoms with Gasteiger partial charge in [0.15, 0.2) is 0 Å². The fourth-order valence-electron chi connectivity index (χ4n) is 2.50. The molecule has 0 bridgehead atoms. The summed E-state index contributed by atoms with van der Waals surface area (Å²) >= 11 is 0. The van der Waals surface area contributed by atoms with Crippen molar-refractivity contribution in [3.8, 4) is 0 Å². The molecule has 1 aliphatic rings. The van der Waals surface area contributed by atoms with Crippen LogP contribution in [0.1, 0.15) is 33.9 Å². The van der Waals surface area contributed by atoms with E-state index in [0.717, 1.165) is 17.5 Å². The molecule has 2 rings (SSSR count). The molecule has 0 saturated carbocycles. The van der Waals surface area contributed by atoms with Crippen molar-refractivity contribution in [1.82, 2.24) is 10.6 Å². The van der Waals surface area contributed by atoms with Crippen molar-refractivity contribution >= 4 is 5.91 Å². The Kier molecular flexibility index (Phi) is 5.64. The van der Waals surface area contributed by atoms with E-state index in [4.69, 9.17) is 4.74 Å². The van der Waals surface area contributed by atoms with Crippen LogP contribution in [0.5, 0.6) is 0 Å². The largest absolute Gasteiger partial charge is 0.375 e. The molecule has 1 aromatic rings. The van der Waals surface area contributed by atoms with Crippen LogP contribution in [0, 0.1) is 0 Å². The maximum absolute atomic E-state index is 12.0. The first-order valence-electron chi connectivity index (χ1n) is 7.06. The lowest BCUT2D eigenvalue weighted by molar-refractivity contribution is 0.0145. The van der Waals surface area contributed by atoms with Gasteiger partial charge in [0.2, 0.25) is 0 Å². The third-order valence-corrected chi connectivity index (χ3v) is 3.60. The molecular weight excluding hydrogens is 278 g/mol. The first-order valence-corrected chi connectivity index (χ1v) is 7.06. The molecule has 1 unspecified atom stereocenters. The van der Waals surface area contributed by atoms with Crippen molar-refractivity contribution < 1.29 is 18.3 Å². The minimum Gasteiger partial charge on any atom is -0.375 e. The van der Waals surface area contributed by atoms with Crippen molar-refractivity contribution in [2.24, 2.45) is 0 Å². The molecular formula is C15H20F2N2O2. The van der Waals surface area contributed by atoms with E-state index in [1.54, 1.807) is 7.05 Å². The number of carbonyl (C=O) groups is 1. The van der Waals surface area contributed by atoms with Crippen LogP contribution in [-0.4, -0.2) is 39.1 Å². The molecule has 0 aromatic heterocycles. The second-order valence-electron chi connectivity index (χ2n) is 5.02. The number of hydrogen-bond acceptors (Lipinski definition) is 3. The highest BCUT2D eigenvalue weighted by Crippen LogP contribution is 2.22. The summed E-state index contributed by atoms with van der Waals surface area (Å²) in [7, 11) is 1.80. The average molecular weight is 298 g/mol. The molecule has 0 aliphatic carbocycles. The van der Waals surface area contributed by atoms with E-state index in [9.17, 15) is 13.6 Å². The number of ether oxygens (including phenoxy) is 1. The molecule has 1 aromatic carbocycles. The summed E-state index contributed by atoms with van der Waals surface area (Å²) in [5, 5.41) is 5.95. The van der Waals surface area contributed by atoms with Crippen molar-refractivity contribution in [2.75, 3.05) is 26.8 Å². The quantitative estimate of drug-likeness (QED) is 0.756. The van der Waals surface area contributed by atoms with Crippen LogP contribution >= 0.6 is 0 Å². The van der Waals surface area contributed by atoms with Gasteiger partial charge in [0.1, 0.15) is 6.61 Å². The van der Waals surface area contributed by atoms with Crippen molar-refractivity contribution in [1.29, 1.82) is 0 Å². The third-order valence-electron chi connectivity index (χ3n) is 3.60. The van der Waals surface area contributed by atoms with Gasteiger partial charge in [0.25, 0.3) is 12.3 Å². The molecule has 4 nitrogen and oxygen atoms in total. The van der Waals surface area contributed by atoms with Crippen LogP contribution in [0.4, 0.5) is 8.78 Å². The summed E-state index contributed by atoms with van der Waals surface area (Å²) in [6.07, 6.45) is -1.03. The van der Waals surface area contributed by atoms with Crippen LogP contribution in [-0.2, 0) is 11.2 Å². The van der Waals surface area contributed by atoms with Crippen LogP contribution in [0.2, 0.25) is 0 Å². The number of carbonyl (C=O) groups excluding carboxylic acids is 1. The zero-order valence-corrected chi connectivity index (χ0v) is 12.0. The van der Waals surface area contributed by atoms with Gasteiger partial charge in [-0.1, -0.05) is 12.1 Å². The maximum Gasteiger partial charge on any atom is 0.261 e. The Hall–Kier alpha value is -1.53. The van der Waals surface area contributed by atoms with Gasteiger partial charge in [0, 0.05) is 24.8 Å². The predicted octanol–water partition coefficient (Wildman–Crippen LogP) is 1.90. The smallest absolute Gasteiger partial charge is 0.261 e. The molecule has 1 aliphatic heterocycles. The summed E-state index contributed by atoms with van der Waals surface area (Å²) < 4.78 is 28.9. The number of halogens is 2. The number of hydrogen-bond donors (Lipinski definition) is 2. The standard InChI is InChI=1S/C15H20F2N2O2/c1-18-13(5-7-21-9-14(16)17)11-3-2-10-4-6-19-15(20)12(10)8-11/h2-3,8,13-14,18H,4-7,9H2,1H3,(H,19,20). The van der Waals surface area contributed by atoms with E-state index >= 15 is 0 Å². The maximum atomic E-state index is 12.0. The van der Waals surface area contributed by atoms with Crippen LogP contribution in [0.3, 0.4) is 0 Å². The fourth-order valence-corrected chi connectivity index (χ4v) is 2.50.